The van der Waals surface area contributed by atoms with Gasteiger partial charge in [0.05, 0.1) is 10.9 Å². The molecule has 5 nitrogen and oxygen atoms in total. The maximum Gasteiger partial charge on any atom is 0.261 e. The van der Waals surface area contributed by atoms with Gasteiger partial charge in [-0.05, 0) is 37.5 Å². The van der Waals surface area contributed by atoms with Gasteiger partial charge >= 0.3 is 0 Å². The highest BCUT2D eigenvalue weighted by molar-refractivity contribution is 5.97. The van der Waals surface area contributed by atoms with Gasteiger partial charge in [0.15, 0.2) is 0 Å². The van der Waals surface area contributed by atoms with Crippen LogP contribution in [0.25, 0.3) is 10.9 Å². The van der Waals surface area contributed by atoms with E-state index < -0.39 is 0 Å². The van der Waals surface area contributed by atoms with E-state index >= 15 is 0 Å². The normalized spacial score (nSPS) is 18.1. The summed E-state index contributed by atoms with van der Waals surface area (Å²) in [7, 11) is 0. The molecule has 1 aromatic carbocycles. The topological polar surface area (TPSA) is 64.0 Å². The summed E-state index contributed by atoms with van der Waals surface area (Å²) in [6.07, 6.45) is 7.57. The molecular weight excluding hydrogens is 290 g/mol. The zero-order valence-electron chi connectivity index (χ0n) is 13.2. The molecule has 0 bridgehead atoms. The molecule has 0 atom stereocenters. The van der Waals surface area contributed by atoms with Gasteiger partial charge in [-0.1, -0.05) is 19.3 Å². The zero-order chi connectivity index (χ0) is 15.8. The first kappa shape index (κ1) is 14.4. The predicted molar refractivity (Wildman–Crippen MR) is 88.7 cm³/mol. The Hall–Kier alpha value is -2.17. The van der Waals surface area contributed by atoms with E-state index in [0.29, 0.717) is 16.5 Å². The number of carbonyl (C=O) groups is 1. The lowest BCUT2D eigenvalue weighted by atomic mass is 9.95. The first-order valence-corrected chi connectivity index (χ1v) is 8.57. The number of nitrogens with one attached hydrogen (secondary N) is 1. The van der Waals surface area contributed by atoms with Gasteiger partial charge < -0.3 is 5.32 Å². The Labute approximate surface area is 134 Å². The Kier molecular flexibility index (Phi) is 3.63. The van der Waals surface area contributed by atoms with Gasteiger partial charge in [0, 0.05) is 24.6 Å². The smallest absolute Gasteiger partial charge is 0.261 e. The highest BCUT2D eigenvalue weighted by Crippen LogP contribution is 2.19. The van der Waals surface area contributed by atoms with Gasteiger partial charge in [-0.2, -0.15) is 0 Å². The van der Waals surface area contributed by atoms with Gasteiger partial charge in [-0.3, -0.25) is 14.2 Å². The molecular formula is C18H21N3O2. The molecule has 1 fully saturated rings. The Bertz CT molecular complexity index is 819. The van der Waals surface area contributed by atoms with Crippen LogP contribution < -0.4 is 10.9 Å². The summed E-state index contributed by atoms with van der Waals surface area (Å²) >= 11 is 0. The Morgan fingerprint density at radius 2 is 2.00 bits per heavy atom. The van der Waals surface area contributed by atoms with Gasteiger partial charge in [0.1, 0.15) is 5.82 Å². The molecule has 0 unspecified atom stereocenters. The molecule has 4 rings (SSSR count). The molecule has 2 heterocycles. The van der Waals surface area contributed by atoms with Crippen LogP contribution in [-0.4, -0.2) is 21.5 Å². The van der Waals surface area contributed by atoms with Gasteiger partial charge in [0.25, 0.3) is 11.5 Å². The Morgan fingerprint density at radius 3 is 2.83 bits per heavy atom. The Balaban J connectivity index is 1.64. The van der Waals surface area contributed by atoms with E-state index in [1.54, 1.807) is 22.8 Å². The molecule has 1 saturated carbocycles. The van der Waals surface area contributed by atoms with E-state index in [1.165, 1.54) is 19.3 Å². The van der Waals surface area contributed by atoms with Crippen LogP contribution in [0.4, 0.5) is 0 Å². The van der Waals surface area contributed by atoms with Crippen LogP contribution in [0.3, 0.4) is 0 Å². The SMILES string of the molecule is O=C(NC1CCCCC1)c1ccc2c(=O)n3c(nc2c1)CCC3. The zero-order valence-corrected chi connectivity index (χ0v) is 13.2. The molecule has 0 radical (unpaired) electrons. The minimum atomic E-state index is -0.0544. The average Bonchev–Trinajstić information content (AvgIpc) is 3.04. The Morgan fingerprint density at radius 1 is 1.17 bits per heavy atom. The lowest BCUT2D eigenvalue weighted by Crippen LogP contribution is -2.36. The van der Waals surface area contributed by atoms with Gasteiger partial charge in [-0.15, -0.1) is 0 Å². The molecule has 0 spiro atoms. The molecule has 5 heteroatoms. The fourth-order valence-corrected chi connectivity index (χ4v) is 3.74. The third kappa shape index (κ3) is 2.64. The highest BCUT2D eigenvalue weighted by Gasteiger charge is 2.19. The first-order chi connectivity index (χ1) is 11.2. The summed E-state index contributed by atoms with van der Waals surface area (Å²) in [5.41, 5.74) is 1.25. The number of aryl methyl sites for hydroxylation is 1. The molecule has 1 aliphatic heterocycles. The summed E-state index contributed by atoms with van der Waals surface area (Å²) in [6, 6.07) is 5.52. The monoisotopic (exact) mass is 311 g/mol. The van der Waals surface area contributed by atoms with E-state index in [2.05, 4.69) is 10.3 Å². The molecule has 2 aliphatic rings. The third-order valence-electron chi connectivity index (χ3n) is 5.02. The van der Waals surface area contributed by atoms with Crippen molar-refractivity contribution in [1.82, 2.24) is 14.9 Å². The number of carbonyl (C=O) groups excluding carboxylic acids is 1. The number of fused-ring (bicyclic) bond motifs is 2. The first-order valence-electron chi connectivity index (χ1n) is 8.57. The molecule has 2 aromatic rings. The number of rotatable bonds is 2. The molecule has 0 saturated heterocycles. The minimum Gasteiger partial charge on any atom is -0.349 e. The maximum absolute atomic E-state index is 12.5. The van der Waals surface area contributed by atoms with Crippen molar-refractivity contribution in [1.29, 1.82) is 0 Å². The summed E-state index contributed by atoms with van der Waals surface area (Å²) in [6.45, 7) is 0.751. The van der Waals surface area contributed by atoms with Crippen molar-refractivity contribution in [2.24, 2.45) is 0 Å². The second-order valence-electron chi connectivity index (χ2n) is 6.63. The van der Waals surface area contributed by atoms with Gasteiger partial charge in [0.2, 0.25) is 0 Å². The van der Waals surface area contributed by atoms with Crippen LogP contribution in [-0.2, 0) is 13.0 Å². The van der Waals surface area contributed by atoms with E-state index in [1.807, 2.05) is 0 Å². The predicted octanol–water partition coefficient (Wildman–Crippen LogP) is 2.41. The van der Waals surface area contributed by atoms with Crippen LogP contribution in [0, 0.1) is 0 Å². The van der Waals surface area contributed by atoms with Crippen molar-refractivity contribution < 1.29 is 4.79 Å². The van der Waals surface area contributed by atoms with Crippen molar-refractivity contribution in [3.63, 3.8) is 0 Å². The standard InChI is InChI=1S/C18H21N3O2/c22-17(19-13-5-2-1-3-6-13)12-8-9-14-15(11-12)20-16-7-4-10-21(16)18(14)23/h8-9,11,13H,1-7,10H2,(H,19,22). The molecule has 1 aromatic heterocycles. The number of aromatic nitrogens is 2. The maximum atomic E-state index is 12.5. The number of hydrogen-bond acceptors (Lipinski definition) is 3. The van der Waals surface area contributed by atoms with Crippen molar-refractivity contribution >= 4 is 16.8 Å². The highest BCUT2D eigenvalue weighted by atomic mass is 16.1. The van der Waals surface area contributed by atoms with Crippen molar-refractivity contribution in [3.05, 3.63) is 39.9 Å². The summed E-state index contributed by atoms with van der Waals surface area (Å²) in [5.74, 6) is 0.786. The minimum absolute atomic E-state index is 0.0155. The summed E-state index contributed by atoms with van der Waals surface area (Å²) in [5, 5.41) is 3.72. The summed E-state index contributed by atoms with van der Waals surface area (Å²) < 4.78 is 1.75. The molecule has 120 valence electrons. The largest absolute Gasteiger partial charge is 0.349 e. The molecule has 1 amide bonds. The van der Waals surface area contributed by atoms with Crippen LogP contribution in [0.1, 0.15) is 54.7 Å². The van der Waals surface area contributed by atoms with Crippen molar-refractivity contribution in [3.8, 4) is 0 Å². The van der Waals surface area contributed by atoms with Crippen LogP contribution in [0.5, 0.6) is 0 Å². The fourth-order valence-electron chi connectivity index (χ4n) is 3.74. The summed E-state index contributed by atoms with van der Waals surface area (Å²) in [4.78, 5) is 29.5. The van der Waals surface area contributed by atoms with Crippen molar-refractivity contribution in [2.75, 3.05) is 0 Å². The second kappa shape index (κ2) is 5.80. The lowest BCUT2D eigenvalue weighted by Gasteiger charge is -2.22. The van der Waals surface area contributed by atoms with E-state index in [9.17, 15) is 9.59 Å². The molecule has 1 N–H and O–H groups in total. The van der Waals surface area contributed by atoms with Crippen LogP contribution in [0.2, 0.25) is 0 Å². The molecule has 23 heavy (non-hydrogen) atoms. The van der Waals surface area contributed by atoms with E-state index in [0.717, 1.165) is 38.1 Å². The van der Waals surface area contributed by atoms with E-state index in [4.69, 9.17) is 0 Å². The quantitative estimate of drug-likeness (QED) is 0.926. The number of hydrogen-bond donors (Lipinski definition) is 1. The second-order valence-corrected chi connectivity index (χ2v) is 6.63. The van der Waals surface area contributed by atoms with Gasteiger partial charge in [-0.25, -0.2) is 4.98 Å². The van der Waals surface area contributed by atoms with Crippen molar-refractivity contribution in [2.45, 2.75) is 57.5 Å². The van der Waals surface area contributed by atoms with Crippen LogP contribution in [0.15, 0.2) is 23.0 Å². The lowest BCUT2D eigenvalue weighted by molar-refractivity contribution is 0.0928. The molecule has 1 aliphatic carbocycles. The van der Waals surface area contributed by atoms with Crippen LogP contribution >= 0.6 is 0 Å². The fraction of sp³-hybridized carbons (Fsp3) is 0.500. The average molecular weight is 311 g/mol. The van der Waals surface area contributed by atoms with E-state index in [-0.39, 0.29) is 17.5 Å². The third-order valence-corrected chi connectivity index (χ3v) is 5.02. The number of nitrogens with zero attached hydrogens (tertiary/aromatic N) is 2. The number of amides is 1. The number of benzene rings is 1.